The molecular weight excluding hydrogens is 293 g/mol. The van der Waals surface area contributed by atoms with E-state index in [0.29, 0.717) is 0 Å². The van der Waals surface area contributed by atoms with Crippen molar-refractivity contribution in [1.29, 1.82) is 0.594 Å². The van der Waals surface area contributed by atoms with Crippen molar-refractivity contribution >= 4 is 0 Å². The molecule has 0 radical (unpaired) electrons. The number of alkyl halides is 1. The van der Waals surface area contributed by atoms with E-state index in [-0.39, 0.29) is 0 Å². The average molecular weight is 307 g/mol. The predicted molar refractivity (Wildman–Crippen MR) is 38.3 cm³/mol. The molecule has 2 unspecified atom stereocenters. The molecule has 13 heavy (non-hydrogen) atoms. The van der Waals surface area contributed by atoms with E-state index in [1.165, 1.54) is 0 Å². The summed E-state index contributed by atoms with van der Waals surface area (Å²) in [6.45, 7) is 0. The molecule has 1 aliphatic rings. The molecule has 6 nitrogen and oxygen atoms in total. The van der Waals surface area contributed by atoms with Crippen LogP contribution in [0.4, 0.5) is 0 Å². The van der Waals surface area contributed by atoms with Crippen molar-refractivity contribution in [2.24, 2.45) is 5.73 Å². The van der Waals surface area contributed by atoms with Crippen LogP contribution in [0.25, 0.3) is 0 Å². The number of nitrogens with two attached hydrogens (primary N) is 1. The Hall–Kier alpha value is 0.490. The fraction of sp³-hybridized carbons (Fsp3) is 1.00. The maximum absolute atomic E-state index is 9.44. The molecule has 0 saturated carbocycles. The predicted octanol–water partition coefficient (Wildman–Crippen LogP) is -6.64. The average Bonchev–Trinajstić information content (AvgIpc) is 2.19. The van der Waals surface area contributed by atoms with Gasteiger partial charge in [-0.25, -0.2) is 0 Å². The molecule has 7 heteroatoms. The van der Waals surface area contributed by atoms with E-state index < -0.39 is 57.1 Å². The van der Waals surface area contributed by atoms with Crippen LogP contribution < -0.4 is 28.1 Å². The number of halogens is 1. The molecule has 1 aliphatic heterocycles. The minimum atomic E-state index is -1.43. The van der Waals surface area contributed by atoms with E-state index in [1.54, 1.807) is 0 Å². The van der Waals surface area contributed by atoms with Gasteiger partial charge in [-0.15, -0.1) is 0 Å². The number of hydrogen-bond donors (Lipinski definition) is 5. The van der Waals surface area contributed by atoms with Gasteiger partial charge < -0.3 is 0 Å². The molecule has 0 aromatic carbocycles. The van der Waals surface area contributed by atoms with Crippen LogP contribution in [0.5, 0.6) is 0 Å². The van der Waals surface area contributed by atoms with Gasteiger partial charge in [-0.1, -0.05) is 0 Å². The van der Waals surface area contributed by atoms with Gasteiger partial charge in [0, 0.05) is 0 Å². The first-order valence-corrected chi connectivity index (χ1v) is 4.97. The summed E-state index contributed by atoms with van der Waals surface area (Å²) in [5, 5.41) is 37.3. The Morgan fingerprint density at radius 3 is 2.54 bits per heavy atom. The quantitative estimate of drug-likeness (QED) is 0.256. The molecule has 0 bridgehead atoms. The molecule has 1 saturated heterocycles. The van der Waals surface area contributed by atoms with Crippen molar-refractivity contribution in [2.45, 2.75) is 34.8 Å². The molecule has 80 valence electrons. The van der Waals surface area contributed by atoms with Crippen LogP contribution in [0, 0.1) is 0 Å². The van der Waals surface area contributed by atoms with Crippen LogP contribution in [-0.2, 0) is 4.74 Å². The number of hydrogen-bond acceptors (Lipinski definition) is 6. The number of aliphatic hydroxyl groups excluding tert-OH is 4. The van der Waals surface area contributed by atoms with Crippen molar-refractivity contribution < 1.29 is 47.6 Å². The van der Waals surface area contributed by atoms with E-state index >= 15 is 0 Å². The number of aliphatic hydroxyl groups is 4. The monoisotopic (exact) mass is 307 g/mol. The Balaban J connectivity index is 2.70. The Morgan fingerprint density at radius 1 is 1.38 bits per heavy atom. The molecule has 0 aromatic rings. The van der Waals surface area contributed by atoms with Gasteiger partial charge in [-0.2, -0.15) is 0 Å². The molecule has 1 heterocycles. The van der Waals surface area contributed by atoms with Gasteiger partial charge in [-0.05, 0) is 0 Å². The third-order valence-corrected chi connectivity index (χ3v) is 2.69. The van der Waals surface area contributed by atoms with Crippen molar-refractivity contribution in [3.63, 3.8) is 0 Å². The van der Waals surface area contributed by atoms with Gasteiger partial charge >= 0.3 is 88.6 Å². The Morgan fingerprint density at radius 2 is 2.00 bits per heavy atom. The van der Waals surface area contributed by atoms with E-state index in [2.05, 4.69) is 0 Å². The van der Waals surface area contributed by atoms with Crippen LogP contribution in [0.15, 0.2) is 0 Å². The van der Waals surface area contributed by atoms with Gasteiger partial charge in [0.15, 0.2) is 0 Å². The summed E-state index contributed by atoms with van der Waals surface area (Å²) in [6, 6.07) is -1.10. The normalized spacial score (nSPS) is 50.2. The molecule has 0 spiro atoms. The molecule has 1 rings (SSSR count). The zero-order valence-corrected chi connectivity index (χ0v) is 8.77. The number of ether oxygens (including phenoxy) is 1. The van der Waals surface area contributed by atoms with Crippen molar-refractivity contribution in [1.82, 2.24) is 0 Å². The first-order valence-electron chi connectivity index (χ1n) is 4.10. The summed E-state index contributed by atoms with van der Waals surface area (Å²) in [7, 11) is 0. The van der Waals surface area contributed by atoms with Crippen LogP contribution in [0.3, 0.4) is 0 Å². The summed E-state index contributed by atoms with van der Waals surface area (Å²) < 4.78 is 10.7. The van der Waals surface area contributed by atoms with Crippen LogP contribution in [0.1, 0.15) is 0 Å². The topological polar surface area (TPSA) is 116 Å². The van der Waals surface area contributed by atoms with Gasteiger partial charge in [0.1, 0.15) is 0 Å². The second-order valence-corrected chi connectivity index (χ2v) is 4.20. The van der Waals surface area contributed by atoms with Crippen LogP contribution >= 0.6 is 0 Å². The Kier molecular flexibility index (Phi) is 3.35. The molecule has 6 atom stereocenters. The molecule has 1 fully saturated rings. The first-order chi connectivity index (χ1) is 6.49. The van der Waals surface area contributed by atoms with Crippen molar-refractivity contribution in [2.75, 3.05) is 0 Å². The summed E-state index contributed by atoms with van der Waals surface area (Å²) >= 11 is -1.30. The third kappa shape index (κ3) is 2.29. The van der Waals surface area contributed by atoms with Gasteiger partial charge in [-0.3, -0.25) is 0 Å². The summed E-state index contributed by atoms with van der Waals surface area (Å²) in [6.07, 6.45) is -5.28. The standard InChI is InChI=1S/C6H13INO5/c7-5(11)4-3(10)2(9)1(8)6(12)13-4/h1-7,9-12H,8H2/q-1/t1-,2-,3+,4+,5?,6?/m1/s1/i7D. The summed E-state index contributed by atoms with van der Waals surface area (Å²) in [4.78, 5) is 0. The van der Waals surface area contributed by atoms with E-state index in [1.807, 2.05) is 0 Å². The molecule has 0 aliphatic carbocycles. The second kappa shape index (κ2) is 4.34. The SMILES string of the molecule is [2H][I-]C(O)[C@H]1OC(O)[C@H](N)[C@@H](O)[C@@H]1O. The van der Waals surface area contributed by atoms with Crippen LogP contribution in [0.2, 0.25) is 0 Å². The van der Waals surface area contributed by atoms with Gasteiger partial charge in [0.2, 0.25) is 0 Å². The first kappa shape index (κ1) is 10.0. The molecular formula is C6H13INO5-. The fourth-order valence-electron chi connectivity index (χ4n) is 1.15. The number of rotatable bonds is 2. The van der Waals surface area contributed by atoms with Crippen LogP contribution in [-0.4, -0.2) is 55.8 Å². The molecule has 0 amide bonds. The second-order valence-electron chi connectivity index (χ2n) is 2.92. The Bertz CT molecular complexity index is 199. The van der Waals surface area contributed by atoms with E-state index in [4.69, 9.17) is 11.1 Å². The zero-order chi connectivity index (χ0) is 10.9. The summed E-state index contributed by atoms with van der Waals surface area (Å²) in [5.41, 5.74) is 5.31. The van der Waals surface area contributed by atoms with Crippen molar-refractivity contribution in [3.05, 3.63) is 0 Å². The zero-order valence-electron chi connectivity index (χ0n) is 7.62. The molecule has 6 N–H and O–H groups in total. The summed E-state index contributed by atoms with van der Waals surface area (Å²) in [5.74, 6) is 0. The fourth-order valence-corrected chi connectivity index (χ4v) is 1.75. The maximum atomic E-state index is 9.44. The third-order valence-electron chi connectivity index (χ3n) is 1.98. The van der Waals surface area contributed by atoms with Gasteiger partial charge in [0.25, 0.3) is 0 Å². The van der Waals surface area contributed by atoms with E-state index in [9.17, 15) is 20.4 Å². The van der Waals surface area contributed by atoms with Gasteiger partial charge in [0.05, 0.1) is 0 Å². The van der Waals surface area contributed by atoms with Crippen molar-refractivity contribution in [3.8, 4) is 0 Å². The minimum absolute atomic E-state index is 1.10. The van der Waals surface area contributed by atoms with E-state index in [0.717, 1.165) is 0 Å². The molecule has 0 aromatic heterocycles. The Labute approximate surface area is 88.9 Å².